The Hall–Kier alpha value is -2.14. The van der Waals surface area contributed by atoms with E-state index in [1.165, 1.54) is 0 Å². The second-order valence-electron chi connectivity index (χ2n) is 7.11. The van der Waals surface area contributed by atoms with Crippen LogP contribution in [0.5, 0.6) is 0 Å². The van der Waals surface area contributed by atoms with E-state index >= 15 is 0 Å². The van der Waals surface area contributed by atoms with Gasteiger partial charge in [-0.25, -0.2) is 9.59 Å². The van der Waals surface area contributed by atoms with Crippen LogP contribution in [0.4, 0.5) is 0 Å². The molecule has 0 spiro atoms. The molecule has 0 aromatic heterocycles. The SMILES string of the molecule is C=C1CC[C@@H]2C(=C)C(=O)O[C@H]2/C=C(\C)C[C@@H]2C=C(CC[C@H]1O)C(=O)O2. The Bertz CT molecular complexity index is 684. The highest BCUT2D eigenvalue weighted by molar-refractivity contribution is 5.91. The minimum absolute atomic E-state index is 0.119. The third-order valence-electron chi connectivity index (χ3n) is 5.16. The van der Waals surface area contributed by atoms with E-state index in [1.54, 1.807) is 0 Å². The number of hydrogen-bond donors (Lipinski definition) is 1. The quantitative estimate of drug-likeness (QED) is 0.416. The zero-order valence-electron chi connectivity index (χ0n) is 14.5. The van der Waals surface area contributed by atoms with Crippen molar-refractivity contribution in [2.75, 3.05) is 0 Å². The molecule has 1 saturated heterocycles. The Kier molecular flexibility index (Phi) is 4.95. The van der Waals surface area contributed by atoms with Gasteiger partial charge in [-0.2, -0.15) is 0 Å². The van der Waals surface area contributed by atoms with Gasteiger partial charge in [-0.3, -0.25) is 0 Å². The standard InChI is InChI=1S/C20H24O5/c1-11-8-15-10-14(20(23)24-15)5-7-17(21)12(2)4-6-16-13(3)19(22)25-18(16)9-11/h9-10,15-18,21H,2-8H2,1H3/b11-9+/t15-,16-,17-,18+/m1/s1. The maximum Gasteiger partial charge on any atom is 0.334 e. The van der Waals surface area contributed by atoms with Gasteiger partial charge in [-0.05, 0) is 50.3 Å². The Labute approximate surface area is 147 Å². The van der Waals surface area contributed by atoms with Crippen molar-refractivity contribution in [3.8, 4) is 0 Å². The van der Waals surface area contributed by atoms with Crippen LogP contribution in [-0.2, 0) is 19.1 Å². The summed E-state index contributed by atoms with van der Waals surface area (Å²) in [5.41, 5.74) is 2.79. The van der Waals surface area contributed by atoms with Crippen LogP contribution in [0.25, 0.3) is 0 Å². The van der Waals surface area contributed by atoms with Gasteiger partial charge in [0, 0.05) is 23.5 Å². The molecule has 1 N–H and O–H groups in total. The van der Waals surface area contributed by atoms with Gasteiger partial charge in [0.25, 0.3) is 0 Å². The second kappa shape index (κ2) is 7.00. The molecule has 25 heavy (non-hydrogen) atoms. The molecule has 0 saturated carbocycles. The fourth-order valence-corrected chi connectivity index (χ4v) is 3.62. The van der Waals surface area contributed by atoms with Crippen LogP contribution in [0.15, 0.2) is 47.6 Å². The lowest BCUT2D eigenvalue weighted by atomic mass is 9.87. The van der Waals surface area contributed by atoms with Gasteiger partial charge >= 0.3 is 11.9 Å². The van der Waals surface area contributed by atoms with Crippen LogP contribution in [0.1, 0.15) is 39.0 Å². The molecule has 3 rings (SSSR count). The van der Waals surface area contributed by atoms with Gasteiger partial charge in [0.1, 0.15) is 12.2 Å². The van der Waals surface area contributed by atoms with Crippen molar-refractivity contribution in [2.45, 2.75) is 57.3 Å². The molecule has 0 aromatic carbocycles. The maximum atomic E-state index is 12.0. The number of aliphatic hydroxyl groups is 1. The molecule has 0 aromatic rings. The Morgan fingerprint density at radius 2 is 1.84 bits per heavy atom. The van der Waals surface area contributed by atoms with Crippen LogP contribution >= 0.6 is 0 Å². The highest BCUT2D eigenvalue weighted by Gasteiger charge is 2.37. The lowest BCUT2D eigenvalue weighted by Crippen LogP contribution is -2.17. The van der Waals surface area contributed by atoms with Crippen LogP contribution in [0.2, 0.25) is 0 Å². The first-order valence-corrected chi connectivity index (χ1v) is 8.69. The number of carbonyl (C=O) groups excluding carboxylic acids is 2. The molecule has 134 valence electrons. The topological polar surface area (TPSA) is 72.8 Å². The molecule has 4 atom stereocenters. The normalized spacial score (nSPS) is 35.9. The summed E-state index contributed by atoms with van der Waals surface area (Å²) in [5, 5.41) is 10.3. The average molecular weight is 344 g/mol. The van der Waals surface area contributed by atoms with Crippen molar-refractivity contribution >= 4 is 11.9 Å². The van der Waals surface area contributed by atoms with Crippen molar-refractivity contribution in [1.82, 2.24) is 0 Å². The lowest BCUT2D eigenvalue weighted by Gasteiger charge is -2.19. The Morgan fingerprint density at radius 3 is 2.60 bits per heavy atom. The van der Waals surface area contributed by atoms with Crippen LogP contribution < -0.4 is 0 Å². The molecule has 0 amide bonds. The van der Waals surface area contributed by atoms with Gasteiger partial charge in [0.2, 0.25) is 0 Å². The highest BCUT2D eigenvalue weighted by atomic mass is 16.6. The van der Waals surface area contributed by atoms with Crippen molar-refractivity contribution in [3.63, 3.8) is 0 Å². The van der Waals surface area contributed by atoms with E-state index in [0.29, 0.717) is 48.8 Å². The van der Waals surface area contributed by atoms with Gasteiger partial charge in [-0.15, -0.1) is 0 Å². The largest absolute Gasteiger partial charge is 0.454 e. The van der Waals surface area contributed by atoms with Crippen LogP contribution in [0, 0.1) is 5.92 Å². The maximum absolute atomic E-state index is 12.0. The fraction of sp³-hybridized carbons (Fsp3) is 0.500. The molecule has 5 nitrogen and oxygen atoms in total. The highest BCUT2D eigenvalue weighted by Crippen LogP contribution is 2.35. The van der Waals surface area contributed by atoms with Gasteiger partial charge in [0.15, 0.2) is 0 Å². The predicted octanol–water partition coefficient (Wildman–Crippen LogP) is 2.76. The summed E-state index contributed by atoms with van der Waals surface area (Å²) in [4.78, 5) is 23.9. The molecule has 1 aliphatic carbocycles. The first-order valence-electron chi connectivity index (χ1n) is 8.69. The summed E-state index contributed by atoms with van der Waals surface area (Å²) in [6, 6.07) is 0. The molecule has 2 heterocycles. The molecule has 2 bridgehead atoms. The Balaban J connectivity index is 1.86. The molecule has 0 unspecified atom stereocenters. The molecule has 1 fully saturated rings. The summed E-state index contributed by atoms with van der Waals surface area (Å²) >= 11 is 0. The molecular weight excluding hydrogens is 320 g/mol. The van der Waals surface area contributed by atoms with Crippen LogP contribution in [0.3, 0.4) is 0 Å². The van der Waals surface area contributed by atoms with E-state index in [-0.39, 0.29) is 30.1 Å². The third kappa shape index (κ3) is 3.76. The second-order valence-corrected chi connectivity index (χ2v) is 7.11. The smallest absolute Gasteiger partial charge is 0.334 e. The van der Waals surface area contributed by atoms with E-state index in [9.17, 15) is 14.7 Å². The molecule has 2 aliphatic heterocycles. The number of esters is 2. The van der Waals surface area contributed by atoms with Crippen molar-refractivity contribution < 1.29 is 24.2 Å². The minimum atomic E-state index is -0.683. The fourth-order valence-electron chi connectivity index (χ4n) is 3.62. The summed E-state index contributed by atoms with van der Waals surface area (Å²) in [7, 11) is 0. The van der Waals surface area contributed by atoms with Crippen LogP contribution in [-0.4, -0.2) is 35.4 Å². The van der Waals surface area contributed by atoms with Gasteiger partial charge < -0.3 is 14.6 Å². The van der Waals surface area contributed by atoms with Gasteiger partial charge in [0.05, 0.1) is 6.10 Å². The van der Waals surface area contributed by atoms with Gasteiger partial charge in [-0.1, -0.05) is 18.7 Å². The lowest BCUT2D eigenvalue weighted by molar-refractivity contribution is -0.139. The number of fused-ring (bicyclic) bond motifs is 2. The number of rotatable bonds is 0. The molecule has 3 aliphatic rings. The molecule has 5 heteroatoms. The monoisotopic (exact) mass is 344 g/mol. The number of ether oxygens (including phenoxy) is 2. The third-order valence-corrected chi connectivity index (χ3v) is 5.16. The number of hydrogen-bond acceptors (Lipinski definition) is 5. The first kappa shape index (κ1) is 17.7. The molecular formula is C20H24O5. The summed E-state index contributed by atoms with van der Waals surface area (Å²) in [6.45, 7) is 9.77. The number of aliphatic hydroxyl groups excluding tert-OH is 1. The summed E-state index contributed by atoms with van der Waals surface area (Å²) in [6.07, 6.45) is 5.10. The summed E-state index contributed by atoms with van der Waals surface area (Å²) in [5.74, 6) is -0.806. The number of carbonyl (C=O) groups is 2. The zero-order chi connectivity index (χ0) is 18.1. The first-order chi connectivity index (χ1) is 11.8. The van der Waals surface area contributed by atoms with E-state index in [4.69, 9.17) is 9.47 Å². The minimum Gasteiger partial charge on any atom is -0.454 e. The summed E-state index contributed by atoms with van der Waals surface area (Å²) < 4.78 is 10.8. The van der Waals surface area contributed by atoms with E-state index in [1.807, 2.05) is 19.1 Å². The van der Waals surface area contributed by atoms with E-state index in [0.717, 1.165) is 5.57 Å². The average Bonchev–Trinajstić information content (AvgIpc) is 3.02. The van der Waals surface area contributed by atoms with E-state index < -0.39 is 6.10 Å². The molecule has 0 radical (unpaired) electrons. The van der Waals surface area contributed by atoms with Crippen molar-refractivity contribution in [1.29, 1.82) is 0 Å². The van der Waals surface area contributed by atoms with E-state index in [2.05, 4.69) is 13.2 Å². The van der Waals surface area contributed by atoms with Crippen molar-refractivity contribution in [2.24, 2.45) is 5.92 Å². The predicted molar refractivity (Wildman–Crippen MR) is 92.5 cm³/mol. The van der Waals surface area contributed by atoms with Crippen molar-refractivity contribution in [3.05, 3.63) is 47.6 Å². The zero-order valence-corrected chi connectivity index (χ0v) is 14.5. The Morgan fingerprint density at radius 1 is 1.08 bits per heavy atom.